The van der Waals surface area contributed by atoms with E-state index in [4.69, 9.17) is 0 Å². The topological polar surface area (TPSA) is 29.1 Å². The molecule has 3 heteroatoms. The quantitative estimate of drug-likeness (QED) is 0.767. The van der Waals surface area contributed by atoms with Gasteiger partial charge in [0, 0.05) is 12.1 Å². The minimum atomic E-state index is 0.0807. The number of carbonyl (C=O) groups is 1. The van der Waals surface area contributed by atoms with E-state index in [-0.39, 0.29) is 5.91 Å². The van der Waals surface area contributed by atoms with Crippen LogP contribution in [0.1, 0.15) is 23.1 Å². The molecule has 2 rings (SSSR count). The van der Waals surface area contributed by atoms with Crippen molar-refractivity contribution in [3.05, 3.63) is 65.2 Å². The Morgan fingerprint density at radius 2 is 1.58 bits per heavy atom. The van der Waals surface area contributed by atoms with Crippen molar-refractivity contribution in [2.45, 2.75) is 26.7 Å². The predicted octanol–water partition coefficient (Wildman–Crippen LogP) is 3.95. The first-order valence-electron chi connectivity index (χ1n) is 8.59. The van der Waals surface area contributed by atoms with Crippen LogP contribution >= 0.6 is 0 Å². The SMILES string of the molecule is Cc1cccc(C)c1NC(=O)C[N+](C)(C)CCCc1ccccc1. The Morgan fingerprint density at radius 3 is 2.21 bits per heavy atom. The second kappa shape index (κ2) is 8.11. The second-order valence-corrected chi connectivity index (χ2v) is 7.22. The van der Waals surface area contributed by atoms with E-state index in [0.29, 0.717) is 11.0 Å². The van der Waals surface area contributed by atoms with Crippen LogP contribution < -0.4 is 5.32 Å². The summed E-state index contributed by atoms with van der Waals surface area (Å²) in [4.78, 5) is 12.4. The highest BCUT2D eigenvalue weighted by atomic mass is 16.2. The van der Waals surface area contributed by atoms with Gasteiger partial charge in [-0.3, -0.25) is 4.79 Å². The monoisotopic (exact) mass is 325 g/mol. The van der Waals surface area contributed by atoms with Crippen molar-refractivity contribution in [1.29, 1.82) is 0 Å². The standard InChI is InChI=1S/C21H28N2O/c1-17-10-8-11-18(2)21(17)22-20(24)16-23(3,4)15-9-14-19-12-6-5-7-13-19/h5-8,10-13H,9,14-16H2,1-4H3/p+1. The van der Waals surface area contributed by atoms with E-state index in [2.05, 4.69) is 43.7 Å². The van der Waals surface area contributed by atoms with Gasteiger partial charge in [0.15, 0.2) is 6.54 Å². The van der Waals surface area contributed by atoms with E-state index in [0.717, 1.165) is 36.2 Å². The average molecular weight is 325 g/mol. The van der Waals surface area contributed by atoms with E-state index in [1.54, 1.807) is 0 Å². The number of hydrogen-bond donors (Lipinski definition) is 1. The van der Waals surface area contributed by atoms with Gasteiger partial charge in [0.2, 0.25) is 0 Å². The molecular formula is C21H29N2O+. The van der Waals surface area contributed by atoms with Gasteiger partial charge in [-0.1, -0.05) is 48.5 Å². The molecule has 24 heavy (non-hydrogen) atoms. The third-order valence-electron chi connectivity index (χ3n) is 4.39. The van der Waals surface area contributed by atoms with E-state index < -0.39 is 0 Å². The summed E-state index contributed by atoms with van der Waals surface area (Å²) in [7, 11) is 4.24. The van der Waals surface area contributed by atoms with Crippen LogP contribution in [0.15, 0.2) is 48.5 Å². The van der Waals surface area contributed by atoms with Crippen molar-refractivity contribution in [3.8, 4) is 0 Å². The van der Waals surface area contributed by atoms with E-state index >= 15 is 0 Å². The molecule has 0 aromatic heterocycles. The Morgan fingerprint density at radius 1 is 0.958 bits per heavy atom. The molecule has 0 fully saturated rings. The molecule has 0 saturated carbocycles. The zero-order valence-electron chi connectivity index (χ0n) is 15.3. The van der Waals surface area contributed by atoms with Gasteiger partial charge < -0.3 is 9.80 Å². The van der Waals surface area contributed by atoms with Gasteiger partial charge in [0.1, 0.15) is 0 Å². The number of rotatable bonds is 7. The Balaban J connectivity index is 1.85. The molecule has 1 amide bonds. The minimum absolute atomic E-state index is 0.0807. The van der Waals surface area contributed by atoms with Gasteiger partial charge >= 0.3 is 0 Å². The molecule has 0 unspecified atom stereocenters. The van der Waals surface area contributed by atoms with Gasteiger partial charge in [0.25, 0.3) is 5.91 Å². The van der Waals surface area contributed by atoms with Gasteiger partial charge in [0.05, 0.1) is 20.6 Å². The van der Waals surface area contributed by atoms with Crippen LogP contribution in [0.3, 0.4) is 0 Å². The molecule has 2 aromatic rings. The minimum Gasteiger partial charge on any atom is -0.321 e. The number of carbonyl (C=O) groups excluding carboxylic acids is 1. The normalized spacial score (nSPS) is 11.3. The van der Waals surface area contributed by atoms with Crippen molar-refractivity contribution in [1.82, 2.24) is 0 Å². The van der Waals surface area contributed by atoms with Crippen molar-refractivity contribution >= 4 is 11.6 Å². The molecule has 0 aliphatic heterocycles. The molecule has 0 heterocycles. The Labute approximate surface area is 145 Å². The molecule has 0 radical (unpaired) electrons. The fraction of sp³-hybridized carbons (Fsp3) is 0.381. The lowest BCUT2D eigenvalue weighted by atomic mass is 10.1. The van der Waals surface area contributed by atoms with Gasteiger partial charge in [-0.15, -0.1) is 0 Å². The third kappa shape index (κ3) is 5.50. The molecule has 0 aliphatic rings. The highest BCUT2D eigenvalue weighted by molar-refractivity contribution is 5.93. The van der Waals surface area contributed by atoms with Crippen molar-refractivity contribution in [2.75, 3.05) is 32.5 Å². The molecule has 0 aliphatic carbocycles. The lowest BCUT2D eigenvalue weighted by Gasteiger charge is -2.29. The Kier molecular flexibility index (Phi) is 6.16. The summed E-state index contributed by atoms with van der Waals surface area (Å²) in [6.45, 7) is 5.53. The Bertz CT molecular complexity index is 657. The number of nitrogens with zero attached hydrogens (tertiary/aromatic N) is 1. The van der Waals surface area contributed by atoms with Gasteiger partial charge in [-0.2, -0.15) is 0 Å². The first-order valence-corrected chi connectivity index (χ1v) is 8.59. The molecule has 2 aromatic carbocycles. The summed E-state index contributed by atoms with van der Waals surface area (Å²) in [5, 5.41) is 3.09. The van der Waals surface area contributed by atoms with Crippen molar-refractivity contribution < 1.29 is 9.28 Å². The number of aryl methyl sites for hydroxylation is 3. The highest BCUT2D eigenvalue weighted by Gasteiger charge is 2.20. The maximum Gasteiger partial charge on any atom is 0.279 e. The molecule has 0 atom stereocenters. The summed E-state index contributed by atoms with van der Waals surface area (Å²) in [6, 6.07) is 16.6. The first-order chi connectivity index (χ1) is 11.4. The molecule has 0 saturated heterocycles. The number of quaternary nitrogens is 1. The van der Waals surface area contributed by atoms with E-state index in [9.17, 15) is 4.79 Å². The molecule has 128 valence electrons. The maximum absolute atomic E-state index is 12.4. The lowest BCUT2D eigenvalue weighted by molar-refractivity contribution is -0.882. The summed E-state index contributed by atoms with van der Waals surface area (Å²) in [6.07, 6.45) is 2.13. The largest absolute Gasteiger partial charge is 0.321 e. The van der Waals surface area contributed by atoms with Gasteiger partial charge in [-0.05, 0) is 37.0 Å². The number of likely N-dealkylation sites (N-methyl/N-ethyl adjacent to an activating group) is 1. The fourth-order valence-electron chi connectivity index (χ4n) is 3.01. The zero-order chi connectivity index (χ0) is 17.6. The average Bonchev–Trinajstić information content (AvgIpc) is 2.51. The van der Waals surface area contributed by atoms with Crippen molar-refractivity contribution in [3.63, 3.8) is 0 Å². The van der Waals surface area contributed by atoms with Crippen LogP contribution in [-0.4, -0.2) is 37.6 Å². The molecular weight excluding hydrogens is 296 g/mol. The smallest absolute Gasteiger partial charge is 0.279 e. The number of anilines is 1. The molecule has 3 nitrogen and oxygen atoms in total. The number of benzene rings is 2. The van der Waals surface area contributed by atoms with E-state index in [1.807, 2.05) is 38.1 Å². The summed E-state index contributed by atoms with van der Waals surface area (Å²) >= 11 is 0. The van der Waals surface area contributed by atoms with Gasteiger partial charge in [-0.25, -0.2) is 0 Å². The van der Waals surface area contributed by atoms with Crippen LogP contribution in [0.25, 0.3) is 0 Å². The van der Waals surface area contributed by atoms with Crippen molar-refractivity contribution in [2.24, 2.45) is 0 Å². The number of amides is 1. The molecule has 0 spiro atoms. The summed E-state index contributed by atoms with van der Waals surface area (Å²) in [5.74, 6) is 0.0807. The van der Waals surface area contributed by atoms with Crippen LogP contribution in [0.2, 0.25) is 0 Å². The van der Waals surface area contributed by atoms with Crippen LogP contribution in [0, 0.1) is 13.8 Å². The molecule has 1 N–H and O–H groups in total. The van der Waals surface area contributed by atoms with Crippen LogP contribution in [-0.2, 0) is 11.2 Å². The summed E-state index contributed by atoms with van der Waals surface area (Å²) < 4.78 is 0.698. The van der Waals surface area contributed by atoms with Crippen LogP contribution in [0.5, 0.6) is 0 Å². The zero-order valence-corrected chi connectivity index (χ0v) is 15.3. The summed E-state index contributed by atoms with van der Waals surface area (Å²) in [5.41, 5.74) is 4.53. The number of hydrogen-bond acceptors (Lipinski definition) is 1. The van der Waals surface area contributed by atoms with E-state index in [1.165, 1.54) is 5.56 Å². The third-order valence-corrected chi connectivity index (χ3v) is 4.39. The Hall–Kier alpha value is -2.13. The van der Waals surface area contributed by atoms with Crippen LogP contribution in [0.4, 0.5) is 5.69 Å². The predicted molar refractivity (Wildman–Crippen MR) is 101 cm³/mol. The maximum atomic E-state index is 12.4. The molecule has 0 bridgehead atoms. The number of nitrogens with one attached hydrogen (secondary N) is 1. The second-order valence-electron chi connectivity index (χ2n) is 7.22. The highest BCUT2D eigenvalue weighted by Crippen LogP contribution is 2.19. The lowest BCUT2D eigenvalue weighted by Crippen LogP contribution is -2.46. The fourth-order valence-corrected chi connectivity index (χ4v) is 3.01. The number of para-hydroxylation sites is 1. The first kappa shape index (κ1) is 18.2.